The van der Waals surface area contributed by atoms with Crippen molar-refractivity contribution in [3.05, 3.63) is 50.7 Å². The quantitative estimate of drug-likeness (QED) is 0.833. The van der Waals surface area contributed by atoms with Crippen LogP contribution in [0.1, 0.15) is 20.8 Å². The summed E-state index contributed by atoms with van der Waals surface area (Å²) >= 11 is 7.53. The van der Waals surface area contributed by atoms with Crippen LogP contribution in [-0.4, -0.2) is 50.3 Å². The maximum atomic E-state index is 12.8. The van der Waals surface area contributed by atoms with E-state index >= 15 is 0 Å². The minimum Gasteiger partial charge on any atom is -0.336 e. The number of primary sulfonamides is 1. The third kappa shape index (κ3) is 4.44. The van der Waals surface area contributed by atoms with E-state index in [1.165, 1.54) is 17.0 Å². The van der Waals surface area contributed by atoms with Crippen LogP contribution in [0.3, 0.4) is 0 Å². The lowest BCUT2D eigenvalue weighted by atomic mass is 10.1. The highest BCUT2D eigenvalue weighted by atomic mass is 35.5. The molecule has 6 nitrogen and oxygen atoms in total. The SMILES string of the molecule is Cc1ccc(S(N)(=O)=O)cc1C(=O)N1CCN(Cc2ccc(Cl)s2)CC1. The predicted octanol–water partition coefficient (Wildman–Crippen LogP) is 2.32. The van der Waals surface area contributed by atoms with E-state index in [2.05, 4.69) is 4.90 Å². The minimum absolute atomic E-state index is 0.0420. The van der Waals surface area contributed by atoms with Crippen LogP contribution in [0.25, 0.3) is 0 Å². The molecule has 140 valence electrons. The van der Waals surface area contributed by atoms with Crippen LogP contribution in [0, 0.1) is 6.92 Å². The van der Waals surface area contributed by atoms with E-state index < -0.39 is 10.0 Å². The third-order valence-corrected chi connectivity index (χ3v) is 6.56. The van der Waals surface area contributed by atoms with Crippen LogP contribution in [-0.2, 0) is 16.6 Å². The molecule has 1 amide bonds. The fourth-order valence-corrected chi connectivity index (χ4v) is 4.61. The molecule has 0 saturated carbocycles. The van der Waals surface area contributed by atoms with E-state index in [0.29, 0.717) is 18.7 Å². The fraction of sp³-hybridized carbons (Fsp3) is 0.353. The Morgan fingerprint density at radius 3 is 2.46 bits per heavy atom. The lowest BCUT2D eigenvalue weighted by Crippen LogP contribution is -2.48. The van der Waals surface area contributed by atoms with Crippen LogP contribution >= 0.6 is 22.9 Å². The van der Waals surface area contributed by atoms with Crippen LogP contribution < -0.4 is 5.14 Å². The summed E-state index contributed by atoms with van der Waals surface area (Å²) in [7, 11) is -3.84. The molecule has 1 aliphatic heterocycles. The number of hydrogen-bond acceptors (Lipinski definition) is 5. The Labute approximate surface area is 162 Å². The zero-order valence-electron chi connectivity index (χ0n) is 14.3. The molecule has 26 heavy (non-hydrogen) atoms. The minimum atomic E-state index is -3.84. The number of amides is 1. The second kappa shape index (κ2) is 7.66. The Kier molecular flexibility index (Phi) is 5.69. The highest BCUT2D eigenvalue weighted by Gasteiger charge is 2.24. The molecule has 1 fully saturated rings. The van der Waals surface area contributed by atoms with E-state index in [1.807, 2.05) is 12.1 Å². The average Bonchev–Trinajstić information content (AvgIpc) is 2.99. The Hall–Kier alpha value is -1.45. The summed E-state index contributed by atoms with van der Waals surface area (Å²) in [6, 6.07) is 8.32. The molecule has 2 aromatic rings. The smallest absolute Gasteiger partial charge is 0.254 e. The van der Waals surface area contributed by atoms with Crippen molar-refractivity contribution in [2.75, 3.05) is 26.2 Å². The van der Waals surface area contributed by atoms with Gasteiger partial charge in [0.05, 0.1) is 9.23 Å². The van der Waals surface area contributed by atoms with Gasteiger partial charge in [0.25, 0.3) is 5.91 Å². The number of piperazine rings is 1. The summed E-state index contributed by atoms with van der Waals surface area (Å²) in [4.78, 5) is 18.0. The standard InChI is InChI=1S/C17H20ClN3O3S2/c1-12-2-4-14(26(19,23)24)10-15(12)17(22)21-8-6-20(7-9-21)11-13-3-5-16(18)25-13/h2-5,10H,6-9,11H2,1H3,(H2,19,23,24). The maximum Gasteiger partial charge on any atom is 0.254 e. The van der Waals surface area contributed by atoms with Gasteiger partial charge < -0.3 is 4.90 Å². The second-order valence-electron chi connectivity index (χ2n) is 6.30. The Bertz CT molecular complexity index is 919. The number of sulfonamides is 1. The first-order chi connectivity index (χ1) is 12.2. The number of benzene rings is 1. The molecule has 0 spiro atoms. The summed E-state index contributed by atoms with van der Waals surface area (Å²) < 4.78 is 23.9. The number of aryl methyl sites for hydroxylation is 1. The first-order valence-electron chi connectivity index (χ1n) is 8.13. The normalized spacial score (nSPS) is 16.0. The monoisotopic (exact) mass is 413 g/mol. The number of hydrogen-bond donors (Lipinski definition) is 1. The van der Waals surface area contributed by atoms with Gasteiger partial charge in [-0.05, 0) is 36.8 Å². The largest absolute Gasteiger partial charge is 0.336 e. The van der Waals surface area contributed by atoms with Crippen molar-refractivity contribution in [1.82, 2.24) is 9.80 Å². The Morgan fingerprint density at radius 2 is 1.88 bits per heavy atom. The number of carbonyl (C=O) groups is 1. The Morgan fingerprint density at radius 1 is 1.19 bits per heavy atom. The van der Waals surface area contributed by atoms with E-state index in [1.54, 1.807) is 29.2 Å². The lowest BCUT2D eigenvalue weighted by molar-refractivity contribution is 0.0628. The summed E-state index contributed by atoms with van der Waals surface area (Å²) in [5.41, 5.74) is 1.12. The van der Waals surface area contributed by atoms with E-state index in [4.69, 9.17) is 16.7 Å². The average molecular weight is 414 g/mol. The maximum absolute atomic E-state index is 12.8. The van der Waals surface area contributed by atoms with Gasteiger partial charge in [0.2, 0.25) is 10.0 Å². The number of rotatable bonds is 4. The van der Waals surface area contributed by atoms with Crippen molar-refractivity contribution in [3.8, 4) is 0 Å². The topological polar surface area (TPSA) is 83.7 Å². The van der Waals surface area contributed by atoms with Crippen molar-refractivity contribution < 1.29 is 13.2 Å². The summed E-state index contributed by atoms with van der Waals surface area (Å²) in [6.07, 6.45) is 0. The predicted molar refractivity (Wildman–Crippen MR) is 103 cm³/mol. The van der Waals surface area contributed by atoms with Gasteiger partial charge in [-0.2, -0.15) is 0 Å². The molecule has 2 N–H and O–H groups in total. The van der Waals surface area contributed by atoms with Crippen LogP contribution in [0.2, 0.25) is 4.34 Å². The summed E-state index contributed by atoms with van der Waals surface area (Å²) in [6.45, 7) is 5.31. The highest BCUT2D eigenvalue weighted by molar-refractivity contribution is 7.89. The number of carbonyl (C=O) groups excluding carboxylic acids is 1. The van der Waals surface area contributed by atoms with Gasteiger partial charge in [0, 0.05) is 43.2 Å². The molecule has 2 heterocycles. The van der Waals surface area contributed by atoms with Gasteiger partial charge in [0.15, 0.2) is 0 Å². The third-order valence-electron chi connectivity index (χ3n) is 4.44. The molecular formula is C17H20ClN3O3S2. The molecule has 1 saturated heterocycles. The van der Waals surface area contributed by atoms with Crippen LogP contribution in [0.5, 0.6) is 0 Å². The summed E-state index contributed by atoms with van der Waals surface area (Å²) in [5, 5.41) is 5.18. The zero-order valence-corrected chi connectivity index (χ0v) is 16.7. The van der Waals surface area contributed by atoms with Gasteiger partial charge in [-0.1, -0.05) is 17.7 Å². The molecule has 0 aliphatic carbocycles. The molecule has 1 aromatic heterocycles. The van der Waals surface area contributed by atoms with E-state index in [9.17, 15) is 13.2 Å². The molecule has 1 aromatic carbocycles. The number of nitrogens with zero attached hydrogens (tertiary/aromatic N) is 2. The van der Waals surface area contributed by atoms with E-state index in [-0.39, 0.29) is 10.8 Å². The Balaban J connectivity index is 1.67. The zero-order chi connectivity index (χ0) is 18.9. The first-order valence-corrected chi connectivity index (χ1v) is 10.9. The molecule has 0 bridgehead atoms. The van der Waals surface area contributed by atoms with Crippen molar-refractivity contribution >= 4 is 38.9 Å². The van der Waals surface area contributed by atoms with Crippen LogP contribution in [0.15, 0.2) is 35.2 Å². The molecule has 1 aliphatic rings. The highest BCUT2D eigenvalue weighted by Crippen LogP contribution is 2.23. The molecule has 3 rings (SSSR count). The number of nitrogens with two attached hydrogens (primary N) is 1. The molecule has 0 atom stereocenters. The first kappa shape index (κ1) is 19.3. The number of thiophene rings is 1. The van der Waals surface area contributed by atoms with Crippen molar-refractivity contribution in [3.63, 3.8) is 0 Å². The van der Waals surface area contributed by atoms with E-state index in [0.717, 1.165) is 29.5 Å². The van der Waals surface area contributed by atoms with Gasteiger partial charge in [-0.25, -0.2) is 13.6 Å². The van der Waals surface area contributed by atoms with Crippen LogP contribution in [0.4, 0.5) is 0 Å². The van der Waals surface area contributed by atoms with Crippen molar-refractivity contribution in [2.24, 2.45) is 5.14 Å². The van der Waals surface area contributed by atoms with Gasteiger partial charge in [-0.15, -0.1) is 11.3 Å². The van der Waals surface area contributed by atoms with Crippen molar-refractivity contribution in [1.29, 1.82) is 0 Å². The lowest BCUT2D eigenvalue weighted by Gasteiger charge is -2.34. The fourth-order valence-electron chi connectivity index (χ4n) is 2.95. The summed E-state index contributed by atoms with van der Waals surface area (Å²) in [5.74, 6) is -0.160. The molecule has 0 radical (unpaired) electrons. The van der Waals surface area contributed by atoms with Gasteiger partial charge >= 0.3 is 0 Å². The van der Waals surface area contributed by atoms with Gasteiger partial charge in [-0.3, -0.25) is 9.69 Å². The number of halogens is 1. The van der Waals surface area contributed by atoms with Gasteiger partial charge in [0.1, 0.15) is 0 Å². The molecular weight excluding hydrogens is 394 g/mol. The molecule has 9 heteroatoms. The van der Waals surface area contributed by atoms with Crippen molar-refractivity contribution in [2.45, 2.75) is 18.4 Å². The molecule has 0 unspecified atom stereocenters. The second-order valence-corrected chi connectivity index (χ2v) is 9.66.